The molecular formula is C17H27ClN2O5S. The normalized spacial score (nSPS) is 11.8. The van der Waals surface area contributed by atoms with Crippen molar-refractivity contribution in [3.8, 4) is 0 Å². The first-order valence-corrected chi connectivity index (χ1v) is 10.2. The number of amides is 1. The smallest absolute Gasteiger partial charge is 0.254 e. The lowest BCUT2D eigenvalue weighted by atomic mass is 10.2. The third kappa shape index (κ3) is 5.65. The molecule has 7 nitrogen and oxygen atoms in total. The average molecular weight is 407 g/mol. The molecule has 0 heterocycles. The number of methoxy groups -OCH3 is 2. The Labute approximate surface area is 160 Å². The number of nitrogens with zero attached hydrogens (tertiary/aromatic N) is 2. The third-order valence-corrected chi connectivity index (χ3v) is 6.45. The first-order chi connectivity index (χ1) is 12.3. The summed E-state index contributed by atoms with van der Waals surface area (Å²) < 4.78 is 36.9. The van der Waals surface area contributed by atoms with Crippen molar-refractivity contribution in [2.24, 2.45) is 0 Å². The summed E-state index contributed by atoms with van der Waals surface area (Å²) in [6, 6.07) is 4.31. The fraction of sp³-hybridized carbons (Fsp3) is 0.588. The highest BCUT2D eigenvalue weighted by atomic mass is 35.5. The van der Waals surface area contributed by atoms with E-state index < -0.39 is 10.0 Å². The van der Waals surface area contributed by atoms with Crippen LogP contribution in [0.25, 0.3) is 0 Å². The highest BCUT2D eigenvalue weighted by molar-refractivity contribution is 7.89. The van der Waals surface area contributed by atoms with Crippen molar-refractivity contribution in [2.45, 2.75) is 18.7 Å². The Hall–Kier alpha value is -1.19. The zero-order chi connectivity index (χ0) is 19.7. The van der Waals surface area contributed by atoms with Gasteiger partial charge in [0.2, 0.25) is 10.0 Å². The standard InChI is InChI=1S/C17H27ClN2O5S/c1-5-20(6-2)26(22,23)16-13-14(7-8-15(16)18)17(21)19(9-11-24-3)10-12-25-4/h7-8,13H,5-6,9-12H2,1-4H3. The molecule has 0 N–H and O–H groups in total. The Bertz CT molecular complexity index is 684. The number of hydrogen-bond donors (Lipinski definition) is 0. The molecule has 0 spiro atoms. The maximum Gasteiger partial charge on any atom is 0.254 e. The number of carbonyl (C=O) groups is 1. The monoisotopic (exact) mass is 406 g/mol. The Morgan fingerprint density at radius 3 is 2.08 bits per heavy atom. The van der Waals surface area contributed by atoms with E-state index in [9.17, 15) is 13.2 Å². The Morgan fingerprint density at radius 1 is 1.08 bits per heavy atom. The molecule has 1 amide bonds. The summed E-state index contributed by atoms with van der Waals surface area (Å²) in [6.45, 7) is 5.63. The molecule has 0 saturated heterocycles. The summed E-state index contributed by atoms with van der Waals surface area (Å²) >= 11 is 6.12. The molecule has 26 heavy (non-hydrogen) atoms. The van der Waals surface area contributed by atoms with Crippen LogP contribution in [-0.2, 0) is 19.5 Å². The quantitative estimate of drug-likeness (QED) is 0.562. The molecule has 0 fully saturated rings. The number of hydrogen-bond acceptors (Lipinski definition) is 5. The van der Waals surface area contributed by atoms with Crippen LogP contribution in [-0.4, -0.2) is 77.1 Å². The van der Waals surface area contributed by atoms with Crippen molar-refractivity contribution in [2.75, 3.05) is 53.6 Å². The van der Waals surface area contributed by atoms with E-state index in [1.54, 1.807) is 33.0 Å². The van der Waals surface area contributed by atoms with Crippen molar-refractivity contribution >= 4 is 27.5 Å². The minimum atomic E-state index is -3.77. The minimum Gasteiger partial charge on any atom is -0.383 e. The topological polar surface area (TPSA) is 76.2 Å². The molecule has 0 aliphatic rings. The zero-order valence-corrected chi connectivity index (χ0v) is 17.3. The average Bonchev–Trinajstić information content (AvgIpc) is 2.62. The van der Waals surface area contributed by atoms with Gasteiger partial charge in [-0.1, -0.05) is 25.4 Å². The van der Waals surface area contributed by atoms with Gasteiger partial charge in [0.05, 0.1) is 18.2 Å². The lowest BCUT2D eigenvalue weighted by Crippen LogP contribution is -2.36. The molecule has 9 heteroatoms. The lowest BCUT2D eigenvalue weighted by Gasteiger charge is -2.23. The summed E-state index contributed by atoms with van der Waals surface area (Å²) in [6.07, 6.45) is 0. The maximum atomic E-state index is 12.8. The van der Waals surface area contributed by atoms with Gasteiger partial charge in [0.25, 0.3) is 5.91 Å². The Kier molecular flexibility index (Phi) is 9.52. The molecule has 0 aliphatic carbocycles. The summed E-state index contributed by atoms with van der Waals surface area (Å²) in [4.78, 5) is 14.3. The van der Waals surface area contributed by atoms with E-state index in [0.717, 1.165) is 0 Å². The van der Waals surface area contributed by atoms with E-state index in [2.05, 4.69) is 0 Å². The molecule has 0 atom stereocenters. The molecule has 0 aromatic heterocycles. The molecular weight excluding hydrogens is 380 g/mol. The minimum absolute atomic E-state index is 0.0628. The van der Waals surface area contributed by atoms with E-state index in [4.69, 9.17) is 21.1 Å². The Morgan fingerprint density at radius 2 is 1.62 bits per heavy atom. The van der Waals surface area contributed by atoms with Crippen LogP contribution < -0.4 is 0 Å². The van der Waals surface area contributed by atoms with Gasteiger partial charge in [0.15, 0.2) is 0 Å². The van der Waals surface area contributed by atoms with Crippen LogP contribution in [0.5, 0.6) is 0 Å². The number of rotatable bonds is 11. The summed E-state index contributed by atoms with van der Waals surface area (Å²) in [5, 5.41) is 0.0915. The summed E-state index contributed by atoms with van der Waals surface area (Å²) in [7, 11) is -0.663. The molecule has 0 radical (unpaired) electrons. The molecule has 1 rings (SSSR count). The molecule has 0 bridgehead atoms. The van der Waals surface area contributed by atoms with Gasteiger partial charge in [-0.2, -0.15) is 4.31 Å². The first kappa shape index (κ1) is 22.9. The maximum absolute atomic E-state index is 12.8. The zero-order valence-electron chi connectivity index (χ0n) is 15.7. The van der Waals surface area contributed by atoms with E-state index in [0.29, 0.717) is 39.4 Å². The van der Waals surface area contributed by atoms with Gasteiger partial charge in [-0.15, -0.1) is 0 Å². The molecule has 1 aromatic carbocycles. The van der Waals surface area contributed by atoms with Gasteiger partial charge in [-0.25, -0.2) is 8.42 Å². The number of halogens is 1. The van der Waals surface area contributed by atoms with Crippen molar-refractivity contribution in [1.29, 1.82) is 0 Å². The van der Waals surface area contributed by atoms with Crippen LogP contribution in [0.1, 0.15) is 24.2 Å². The molecule has 0 unspecified atom stereocenters. The highest BCUT2D eigenvalue weighted by Gasteiger charge is 2.26. The third-order valence-electron chi connectivity index (χ3n) is 3.92. The van der Waals surface area contributed by atoms with Crippen LogP contribution in [0.3, 0.4) is 0 Å². The van der Waals surface area contributed by atoms with E-state index in [1.807, 2.05) is 0 Å². The summed E-state index contributed by atoms with van der Waals surface area (Å²) in [5.74, 6) is -0.299. The lowest BCUT2D eigenvalue weighted by molar-refractivity contribution is 0.0627. The fourth-order valence-corrected chi connectivity index (χ4v) is 4.40. The van der Waals surface area contributed by atoms with Gasteiger partial charge in [-0.05, 0) is 18.2 Å². The highest BCUT2D eigenvalue weighted by Crippen LogP contribution is 2.26. The van der Waals surface area contributed by atoms with Crippen LogP contribution in [0.2, 0.25) is 5.02 Å². The van der Waals surface area contributed by atoms with Gasteiger partial charge >= 0.3 is 0 Å². The Balaban J connectivity index is 3.23. The SMILES string of the molecule is CCN(CC)S(=O)(=O)c1cc(C(=O)N(CCOC)CCOC)ccc1Cl. The van der Waals surface area contributed by atoms with Crippen LogP contribution in [0, 0.1) is 0 Å². The molecule has 0 aliphatic heterocycles. The molecule has 0 saturated carbocycles. The van der Waals surface area contributed by atoms with Crippen molar-refractivity contribution in [1.82, 2.24) is 9.21 Å². The predicted octanol–water partition coefficient (Wildman–Crippen LogP) is 2.11. The number of sulfonamides is 1. The van der Waals surface area contributed by atoms with Gasteiger partial charge in [0, 0.05) is 46.0 Å². The fourth-order valence-electron chi connectivity index (χ4n) is 2.44. The second kappa shape index (κ2) is 10.8. The summed E-state index contributed by atoms with van der Waals surface area (Å²) in [5.41, 5.74) is 0.257. The van der Waals surface area contributed by atoms with Crippen LogP contribution >= 0.6 is 11.6 Å². The number of carbonyl (C=O) groups excluding carboxylic acids is 1. The van der Waals surface area contributed by atoms with Gasteiger partial charge in [-0.3, -0.25) is 4.79 Å². The van der Waals surface area contributed by atoms with E-state index in [-0.39, 0.29) is 21.4 Å². The first-order valence-electron chi connectivity index (χ1n) is 8.40. The second-order valence-corrected chi connectivity index (χ2v) is 7.83. The van der Waals surface area contributed by atoms with Crippen molar-refractivity contribution in [3.63, 3.8) is 0 Å². The molecule has 148 valence electrons. The second-order valence-electron chi connectivity index (χ2n) is 5.51. The van der Waals surface area contributed by atoms with Crippen LogP contribution in [0.4, 0.5) is 0 Å². The van der Waals surface area contributed by atoms with Crippen molar-refractivity contribution in [3.05, 3.63) is 28.8 Å². The van der Waals surface area contributed by atoms with Gasteiger partial charge < -0.3 is 14.4 Å². The number of ether oxygens (including phenoxy) is 2. The van der Waals surface area contributed by atoms with E-state index >= 15 is 0 Å². The number of benzene rings is 1. The predicted molar refractivity (Wildman–Crippen MR) is 101 cm³/mol. The van der Waals surface area contributed by atoms with E-state index in [1.165, 1.54) is 22.5 Å². The van der Waals surface area contributed by atoms with Crippen LogP contribution in [0.15, 0.2) is 23.1 Å². The largest absolute Gasteiger partial charge is 0.383 e. The molecule has 1 aromatic rings. The van der Waals surface area contributed by atoms with Gasteiger partial charge in [0.1, 0.15) is 4.90 Å². The van der Waals surface area contributed by atoms with Crippen molar-refractivity contribution < 1.29 is 22.7 Å².